The largest absolute Gasteiger partial charge is 0.378 e. The second-order valence-electron chi connectivity index (χ2n) is 13.8. The van der Waals surface area contributed by atoms with Crippen LogP contribution in [-0.2, 0) is 11.3 Å². The maximum absolute atomic E-state index is 14.5. The number of methoxy groups -OCH3 is 1. The fourth-order valence-electron chi connectivity index (χ4n) is 7.21. The molecule has 4 fully saturated rings. The van der Waals surface area contributed by atoms with Gasteiger partial charge in [0.15, 0.2) is 0 Å². The van der Waals surface area contributed by atoms with Crippen molar-refractivity contribution < 1.29 is 13.9 Å². The molecule has 8 nitrogen and oxygen atoms in total. The van der Waals surface area contributed by atoms with Crippen molar-refractivity contribution in [3.63, 3.8) is 0 Å². The summed E-state index contributed by atoms with van der Waals surface area (Å²) in [6.45, 7) is 6.24. The lowest BCUT2D eigenvalue weighted by molar-refractivity contribution is -0.0191. The first-order chi connectivity index (χ1) is 21.8. The number of fused-ring (bicyclic) bond motifs is 1. The molecule has 0 radical (unpaired) electrons. The van der Waals surface area contributed by atoms with Crippen LogP contribution in [0.15, 0.2) is 47.4 Å². The molecule has 234 valence electrons. The summed E-state index contributed by atoms with van der Waals surface area (Å²) in [6.07, 6.45) is 8.77. The number of piperidine rings is 1. The monoisotopic (exact) mass is 609 g/mol. The first-order valence-electron chi connectivity index (χ1n) is 16.5. The standard InChI is InChI=1S/C36H40FN5O3/c1-21-4-3-11-40(16-21)17-26-15-29-31(22-5-6-22)20-42(36(44)34(29)38-26)33-13-24(12-32(39-33)23-7-8-23)28-10-9-25(37)14-30(28)35(43)41-18-27(19-41)45-2/h9-10,12-15,20-23,27,38H,3-8,11,16-19H2,1-2H3/t21-/m0/s1. The van der Waals surface area contributed by atoms with E-state index < -0.39 is 5.82 Å². The van der Waals surface area contributed by atoms with Crippen molar-refractivity contribution in [1.82, 2.24) is 24.3 Å². The lowest BCUT2D eigenvalue weighted by atomic mass is 9.96. The number of benzene rings is 1. The highest BCUT2D eigenvalue weighted by Gasteiger charge is 2.34. The Bertz CT molecular complexity index is 1850. The average molecular weight is 610 g/mol. The van der Waals surface area contributed by atoms with Crippen LogP contribution in [0.4, 0.5) is 4.39 Å². The molecule has 2 saturated carbocycles. The van der Waals surface area contributed by atoms with Crippen molar-refractivity contribution in [3.8, 4) is 16.9 Å². The fraction of sp³-hybridized carbons (Fsp3) is 0.472. The minimum absolute atomic E-state index is 0.000618. The van der Waals surface area contributed by atoms with Gasteiger partial charge in [0, 0.05) is 62.2 Å². The molecular formula is C36H40FN5O3. The summed E-state index contributed by atoms with van der Waals surface area (Å²) in [4.78, 5) is 40.4. The lowest BCUT2D eigenvalue weighted by Crippen LogP contribution is -2.54. The van der Waals surface area contributed by atoms with Crippen molar-refractivity contribution in [3.05, 3.63) is 81.3 Å². The number of aromatic nitrogens is 3. The van der Waals surface area contributed by atoms with E-state index in [-0.39, 0.29) is 17.6 Å². The zero-order chi connectivity index (χ0) is 30.8. The summed E-state index contributed by atoms with van der Waals surface area (Å²) in [6, 6.07) is 10.5. The van der Waals surface area contributed by atoms with Crippen LogP contribution in [0.25, 0.3) is 27.8 Å². The number of pyridine rings is 2. The van der Waals surface area contributed by atoms with Crippen molar-refractivity contribution in [2.75, 3.05) is 33.3 Å². The van der Waals surface area contributed by atoms with E-state index in [2.05, 4.69) is 22.9 Å². The predicted molar refractivity (Wildman–Crippen MR) is 171 cm³/mol. The first-order valence-corrected chi connectivity index (χ1v) is 16.5. The molecule has 1 N–H and O–H groups in total. The molecular weight excluding hydrogens is 569 g/mol. The number of nitrogens with one attached hydrogen (secondary N) is 1. The molecule has 8 rings (SSSR count). The van der Waals surface area contributed by atoms with Crippen LogP contribution in [-0.4, -0.2) is 69.6 Å². The minimum atomic E-state index is -0.458. The Balaban J connectivity index is 1.22. The third kappa shape index (κ3) is 5.50. The number of nitrogens with zero attached hydrogens (tertiary/aromatic N) is 4. The number of rotatable bonds is 8. The quantitative estimate of drug-likeness (QED) is 0.266. The zero-order valence-electron chi connectivity index (χ0n) is 26.0. The van der Waals surface area contributed by atoms with Crippen molar-refractivity contribution in [2.24, 2.45) is 5.92 Å². The number of hydrogen-bond donors (Lipinski definition) is 1. The molecule has 5 heterocycles. The van der Waals surface area contributed by atoms with Crippen LogP contribution in [0.5, 0.6) is 0 Å². The number of H-pyrrole nitrogens is 1. The molecule has 0 unspecified atom stereocenters. The van der Waals surface area contributed by atoms with Crippen LogP contribution in [0.2, 0.25) is 0 Å². The number of amides is 1. The molecule has 4 aromatic rings. The SMILES string of the molecule is COC1CN(C(=O)c2cc(F)ccc2-c2cc(C3CC3)nc(-n3cc(C4CC4)c4cc(CN5CCC[C@H](C)C5)[nH]c4c3=O)c2)C1. The first kappa shape index (κ1) is 28.6. The van der Waals surface area contributed by atoms with E-state index in [9.17, 15) is 14.0 Å². The van der Waals surface area contributed by atoms with E-state index in [0.29, 0.717) is 53.3 Å². The Labute approximate surface area is 262 Å². The van der Waals surface area contributed by atoms with Gasteiger partial charge in [-0.3, -0.25) is 19.1 Å². The Hall–Kier alpha value is -3.82. The topological polar surface area (TPSA) is 83.5 Å². The number of likely N-dealkylation sites (tertiary alicyclic amines) is 2. The highest BCUT2D eigenvalue weighted by molar-refractivity contribution is 6.01. The molecule has 2 saturated heterocycles. The Kier molecular flexibility index (Phi) is 7.13. The van der Waals surface area contributed by atoms with Crippen LogP contribution in [0.3, 0.4) is 0 Å². The van der Waals surface area contributed by atoms with Gasteiger partial charge in [-0.25, -0.2) is 9.37 Å². The van der Waals surface area contributed by atoms with Crippen LogP contribution in [0, 0.1) is 11.7 Å². The maximum atomic E-state index is 14.5. The third-order valence-electron chi connectivity index (χ3n) is 10.1. The molecule has 2 aliphatic carbocycles. The highest BCUT2D eigenvalue weighted by Crippen LogP contribution is 2.44. The number of carbonyl (C=O) groups excluding carboxylic acids is 1. The number of hydrogen-bond acceptors (Lipinski definition) is 5. The Morgan fingerprint density at radius 2 is 1.84 bits per heavy atom. The molecule has 1 amide bonds. The summed E-state index contributed by atoms with van der Waals surface area (Å²) < 4.78 is 21.6. The van der Waals surface area contributed by atoms with E-state index in [1.807, 2.05) is 18.3 Å². The van der Waals surface area contributed by atoms with E-state index in [1.165, 1.54) is 30.5 Å². The van der Waals surface area contributed by atoms with Gasteiger partial charge in [-0.1, -0.05) is 13.0 Å². The second kappa shape index (κ2) is 11.2. The highest BCUT2D eigenvalue weighted by atomic mass is 19.1. The second-order valence-corrected chi connectivity index (χ2v) is 13.8. The summed E-state index contributed by atoms with van der Waals surface area (Å²) in [5.41, 5.74) is 5.38. The van der Waals surface area contributed by atoms with E-state index in [4.69, 9.17) is 9.72 Å². The van der Waals surface area contributed by atoms with Crippen molar-refractivity contribution in [2.45, 2.75) is 69.9 Å². The number of carbonyl (C=O) groups is 1. The fourth-order valence-corrected chi connectivity index (χ4v) is 7.21. The van der Waals surface area contributed by atoms with Gasteiger partial charge in [0.1, 0.15) is 17.2 Å². The molecule has 4 aliphatic rings. The zero-order valence-corrected chi connectivity index (χ0v) is 26.0. The minimum Gasteiger partial charge on any atom is -0.378 e. The molecule has 0 bridgehead atoms. The van der Waals surface area contributed by atoms with E-state index in [1.54, 1.807) is 22.6 Å². The lowest BCUT2D eigenvalue weighted by Gasteiger charge is -2.38. The number of aromatic amines is 1. The van der Waals surface area contributed by atoms with Gasteiger partial charge in [0.2, 0.25) is 0 Å². The summed E-state index contributed by atoms with van der Waals surface area (Å²) in [5, 5.41) is 1.02. The number of halogens is 1. The van der Waals surface area contributed by atoms with Crippen LogP contribution in [0.1, 0.15) is 84.6 Å². The van der Waals surface area contributed by atoms with Gasteiger partial charge in [-0.15, -0.1) is 0 Å². The van der Waals surface area contributed by atoms with Crippen LogP contribution >= 0.6 is 0 Å². The molecule has 45 heavy (non-hydrogen) atoms. The maximum Gasteiger partial charge on any atom is 0.280 e. The van der Waals surface area contributed by atoms with Gasteiger partial charge in [-0.05, 0) is 104 Å². The summed E-state index contributed by atoms with van der Waals surface area (Å²) in [7, 11) is 1.63. The molecule has 0 spiro atoms. The third-order valence-corrected chi connectivity index (χ3v) is 10.1. The predicted octanol–water partition coefficient (Wildman–Crippen LogP) is 5.98. The van der Waals surface area contributed by atoms with Gasteiger partial charge in [-0.2, -0.15) is 0 Å². The normalized spacial score (nSPS) is 21.0. The van der Waals surface area contributed by atoms with E-state index >= 15 is 0 Å². The Morgan fingerprint density at radius 3 is 2.58 bits per heavy atom. The van der Waals surface area contributed by atoms with Gasteiger partial charge in [0.05, 0.1) is 11.7 Å². The summed E-state index contributed by atoms with van der Waals surface area (Å²) in [5.74, 6) is 1.29. The van der Waals surface area contributed by atoms with Crippen molar-refractivity contribution >= 4 is 16.8 Å². The molecule has 1 atom stereocenters. The average Bonchev–Trinajstić information content (AvgIpc) is 3.94. The molecule has 2 aliphatic heterocycles. The van der Waals surface area contributed by atoms with Gasteiger partial charge < -0.3 is 14.6 Å². The van der Waals surface area contributed by atoms with E-state index in [0.717, 1.165) is 67.7 Å². The van der Waals surface area contributed by atoms with Gasteiger partial charge >= 0.3 is 0 Å². The molecule has 9 heteroatoms. The van der Waals surface area contributed by atoms with Gasteiger partial charge in [0.25, 0.3) is 11.5 Å². The summed E-state index contributed by atoms with van der Waals surface area (Å²) >= 11 is 0. The Morgan fingerprint density at radius 1 is 1.04 bits per heavy atom. The van der Waals surface area contributed by atoms with Crippen molar-refractivity contribution in [1.29, 1.82) is 0 Å². The molecule has 1 aromatic carbocycles. The number of ether oxygens (including phenoxy) is 1. The van der Waals surface area contributed by atoms with Crippen LogP contribution < -0.4 is 5.56 Å². The molecule has 3 aromatic heterocycles. The smallest absolute Gasteiger partial charge is 0.280 e.